The van der Waals surface area contributed by atoms with Crippen molar-refractivity contribution in [2.24, 2.45) is 5.73 Å². The first kappa shape index (κ1) is 28.7. The highest BCUT2D eigenvalue weighted by Crippen LogP contribution is 2.47. The van der Waals surface area contributed by atoms with E-state index in [0.717, 1.165) is 24.3 Å². The molecule has 0 saturated carbocycles. The summed E-state index contributed by atoms with van der Waals surface area (Å²) in [6.07, 6.45) is -3.92. The number of aryl methyl sites for hydroxylation is 1. The van der Waals surface area contributed by atoms with E-state index >= 15 is 0 Å². The number of nitrogens with zero attached hydrogens (tertiary/aromatic N) is 2. The number of phenols is 1. The number of phenolic OH excluding ortho intramolecular Hbond substituents is 1. The van der Waals surface area contributed by atoms with Crippen LogP contribution in [0.25, 0.3) is 22.2 Å². The highest BCUT2D eigenvalue weighted by atomic mass is 19.4. The fourth-order valence-corrected chi connectivity index (χ4v) is 4.75. The largest absolute Gasteiger partial charge is 0.506 e. The highest BCUT2D eigenvalue weighted by molar-refractivity contribution is 6.00. The molecule has 2 aromatic carbocycles. The van der Waals surface area contributed by atoms with Crippen LogP contribution in [-0.2, 0) is 15.8 Å². The molecule has 0 bridgehead atoms. The van der Waals surface area contributed by atoms with E-state index in [1.165, 1.54) is 31.3 Å². The number of aromatic nitrogens is 2. The van der Waals surface area contributed by atoms with E-state index < -0.39 is 47.1 Å². The number of rotatable bonds is 6. The number of benzene rings is 2. The molecular weight excluding hydrogens is 560 g/mol. The van der Waals surface area contributed by atoms with E-state index in [1.807, 2.05) is 0 Å². The van der Waals surface area contributed by atoms with Gasteiger partial charge in [-0.25, -0.2) is 9.37 Å². The summed E-state index contributed by atoms with van der Waals surface area (Å²) in [6.45, 7) is 1.38. The van der Waals surface area contributed by atoms with Crippen molar-refractivity contribution >= 4 is 22.7 Å². The van der Waals surface area contributed by atoms with E-state index in [-0.39, 0.29) is 46.0 Å². The van der Waals surface area contributed by atoms with Gasteiger partial charge < -0.3 is 26.0 Å². The second-order valence-electron chi connectivity index (χ2n) is 10.3. The molecule has 2 amide bonds. The van der Waals surface area contributed by atoms with Crippen LogP contribution < -0.4 is 15.8 Å². The number of halogens is 4. The van der Waals surface area contributed by atoms with Crippen molar-refractivity contribution in [1.29, 1.82) is 0 Å². The SMILES string of the molecule is Cc1ccnc2c(O)cc(C(=O)NC[C@](O)(c3cc4c(c(-c5ccc(F)cc5)n3)OC[C@]4(C)C(N)=O)C(F)(F)F)cc12. The van der Waals surface area contributed by atoms with Crippen LogP contribution >= 0.6 is 0 Å². The summed E-state index contributed by atoms with van der Waals surface area (Å²) < 4.78 is 63.0. The van der Waals surface area contributed by atoms with Gasteiger partial charge in [-0.3, -0.25) is 14.6 Å². The Labute approximate surface area is 236 Å². The number of hydrogen-bond donors (Lipinski definition) is 4. The van der Waals surface area contributed by atoms with Crippen LogP contribution in [0.4, 0.5) is 17.6 Å². The molecule has 1 aliphatic rings. The molecule has 218 valence electrons. The lowest BCUT2D eigenvalue weighted by atomic mass is 9.81. The van der Waals surface area contributed by atoms with Crippen molar-refractivity contribution in [2.75, 3.05) is 13.2 Å². The number of carbonyl (C=O) groups excluding carboxylic acids is 2. The zero-order valence-electron chi connectivity index (χ0n) is 22.2. The minimum absolute atomic E-state index is 0.0455. The summed E-state index contributed by atoms with van der Waals surface area (Å²) in [7, 11) is 0. The van der Waals surface area contributed by atoms with Crippen LogP contribution in [-0.4, -0.2) is 51.3 Å². The molecule has 2 aromatic heterocycles. The molecule has 0 aliphatic carbocycles. The number of hydrogen-bond acceptors (Lipinski definition) is 7. The summed E-state index contributed by atoms with van der Waals surface area (Å²) in [5.41, 5.74) is -0.138. The zero-order valence-corrected chi connectivity index (χ0v) is 22.2. The minimum atomic E-state index is -5.38. The Kier molecular flexibility index (Phi) is 6.80. The van der Waals surface area contributed by atoms with Crippen LogP contribution in [0.2, 0.25) is 0 Å². The van der Waals surface area contributed by atoms with Crippen molar-refractivity contribution < 1.29 is 42.1 Å². The molecule has 5 rings (SSSR count). The Hall–Kier alpha value is -4.78. The predicted molar refractivity (Wildman–Crippen MR) is 142 cm³/mol. The van der Waals surface area contributed by atoms with Gasteiger partial charge in [-0.1, -0.05) is 0 Å². The van der Waals surface area contributed by atoms with Crippen molar-refractivity contribution in [2.45, 2.75) is 31.0 Å². The summed E-state index contributed by atoms with van der Waals surface area (Å²) >= 11 is 0. The summed E-state index contributed by atoms with van der Waals surface area (Å²) in [5.74, 6) is -2.94. The van der Waals surface area contributed by atoms with E-state index in [0.29, 0.717) is 10.9 Å². The maximum atomic E-state index is 14.6. The molecule has 9 nitrogen and oxygen atoms in total. The topological polar surface area (TPSA) is 148 Å². The second-order valence-corrected chi connectivity index (χ2v) is 10.3. The van der Waals surface area contributed by atoms with Gasteiger partial charge in [-0.05, 0) is 67.9 Å². The number of fused-ring (bicyclic) bond motifs is 2. The van der Waals surface area contributed by atoms with Gasteiger partial charge in [0.15, 0.2) is 0 Å². The van der Waals surface area contributed by atoms with Gasteiger partial charge in [0.2, 0.25) is 11.5 Å². The molecular formula is C29H24F4N4O5. The van der Waals surface area contributed by atoms with Crippen LogP contribution in [0.15, 0.2) is 54.7 Å². The van der Waals surface area contributed by atoms with Crippen molar-refractivity contribution in [3.63, 3.8) is 0 Å². The maximum absolute atomic E-state index is 14.6. The van der Waals surface area contributed by atoms with Gasteiger partial charge in [0.05, 0.1) is 12.2 Å². The summed E-state index contributed by atoms with van der Waals surface area (Å²) in [6, 6.07) is 9.53. The number of nitrogens with two attached hydrogens (primary N) is 1. The number of pyridine rings is 2. The molecule has 3 heterocycles. The number of aliphatic hydroxyl groups is 1. The van der Waals surface area contributed by atoms with E-state index in [9.17, 15) is 37.4 Å². The fourth-order valence-electron chi connectivity index (χ4n) is 4.75. The number of ether oxygens (including phenoxy) is 1. The normalized spacial score (nSPS) is 17.8. The van der Waals surface area contributed by atoms with E-state index in [2.05, 4.69) is 15.3 Å². The van der Waals surface area contributed by atoms with Crippen molar-refractivity contribution in [3.8, 4) is 22.8 Å². The molecule has 0 saturated heterocycles. The lowest BCUT2D eigenvalue weighted by molar-refractivity contribution is -0.265. The number of carbonyl (C=O) groups is 2. The number of nitrogens with one attached hydrogen (secondary N) is 1. The van der Waals surface area contributed by atoms with Gasteiger partial charge in [0.1, 0.15) is 40.5 Å². The third-order valence-electron chi connectivity index (χ3n) is 7.44. The maximum Gasteiger partial charge on any atom is 0.424 e. The number of aromatic hydroxyl groups is 1. The average Bonchev–Trinajstić information content (AvgIpc) is 3.29. The first-order valence-corrected chi connectivity index (χ1v) is 12.6. The Morgan fingerprint density at radius 3 is 2.48 bits per heavy atom. The Morgan fingerprint density at radius 1 is 1.14 bits per heavy atom. The Morgan fingerprint density at radius 2 is 1.83 bits per heavy atom. The monoisotopic (exact) mass is 584 g/mol. The van der Waals surface area contributed by atoms with Crippen molar-refractivity contribution in [3.05, 3.63) is 82.9 Å². The molecule has 0 unspecified atom stereocenters. The van der Waals surface area contributed by atoms with Crippen LogP contribution in [0.3, 0.4) is 0 Å². The van der Waals surface area contributed by atoms with Gasteiger partial charge in [0, 0.05) is 28.3 Å². The molecule has 42 heavy (non-hydrogen) atoms. The number of primary amides is 1. The van der Waals surface area contributed by atoms with E-state index in [4.69, 9.17) is 10.5 Å². The highest BCUT2D eigenvalue weighted by Gasteiger charge is 2.57. The minimum Gasteiger partial charge on any atom is -0.506 e. The number of amides is 2. The summed E-state index contributed by atoms with van der Waals surface area (Å²) in [5, 5.41) is 24.0. The van der Waals surface area contributed by atoms with Crippen LogP contribution in [0.1, 0.15) is 34.1 Å². The average molecular weight is 585 g/mol. The van der Waals surface area contributed by atoms with Gasteiger partial charge >= 0.3 is 6.18 Å². The molecule has 0 radical (unpaired) electrons. The smallest absolute Gasteiger partial charge is 0.424 e. The zero-order chi connectivity index (χ0) is 30.6. The third-order valence-corrected chi connectivity index (χ3v) is 7.44. The van der Waals surface area contributed by atoms with Crippen LogP contribution in [0.5, 0.6) is 11.5 Å². The standard InChI is InChI=1S/C29H24F4N4O5/c1-14-7-8-35-23-18(14)9-16(10-20(23)38)25(39)36-12-28(41,29(31,32)33)21-11-19-24(42-13-27(19,2)26(34)40)22(37-21)15-3-5-17(30)6-4-15/h3-11,38,41H,12-13H2,1-2H3,(H2,34,40)(H,36,39)/t27-,28-/m0/s1. The molecule has 13 heteroatoms. The molecule has 4 aromatic rings. The number of alkyl halides is 3. The third kappa shape index (κ3) is 4.65. The van der Waals surface area contributed by atoms with E-state index in [1.54, 1.807) is 13.0 Å². The molecule has 1 aliphatic heterocycles. The first-order valence-electron chi connectivity index (χ1n) is 12.6. The predicted octanol–water partition coefficient (Wildman–Crippen LogP) is 3.77. The fraction of sp³-hybridized carbons (Fsp3) is 0.241. The quantitative estimate of drug-likeness (QED) is 0.252. The Balaban J connectivity index is 1.59. The van der Waals surface area contributed by atoms with Crippen molar-refractivity contribution in [1.82, 2.24) is 15.3 Å². The Bertz CT molecular complexity index is 1750. The molecule has 5 N–H and O–H groups in total. The summed E-state index contributed by atoms with van der Waals surface area (Å²) in [4.78, 5) is 33.5. The van der Waals surface area contributed by atoms with Crippen LogP contribution in [0, 0.1) is 12.7 Å². The van der Waals surface area contributed by atoms with Gasteiger partial charge in [0.25, 0.3) is 5.91 Å². The molecule has 0 fully saturated rings. The van der Waals surface area contributed by atoms with Gasteiger partial charge in [-0.15, -0.1) is 0 Å². The lowest BCUT2D eigenvalue weighted by Crippen LogP contribution is -2.51. The molecule has 2 atom stereocenters. The second kappa shape index (κ2) is 9.94. The first-order chi connectivity index (χ1) is 19.7. The lowest BCUT2D eigenvalue weighted by Gasteiger charge is -2.31. The van der Waals surface area contributed by atoms with Gasteiger partial charge in [-0.2, -0.15) is 13.2 Å². The molecule has 0 spiro atoms.